The van der Waals surface area contributed by atoms with Crippen molar-refractivity contribution in [2.24, 2.45) is 23.7 Å². The predicted molar refractivity (Wildman–Crippen MR) is 181 cm³/mol. The predicted octanol–water partition coefficient (Wildman–Crippen LogP) is 7.44. The van der Waals surface area contributed by atoms with Crippen molar-refractivity contribution in [2.75, 3.05) is 13.1 Å². The lowest BCUT2D eigenvalue weighted by molar-refractivity contribution is -0.163. The van der Waals surface area contributed by atoms with Gasteiger partial charge in [0.05, 0.1) is 30.3 Å². The molecule has 0 atom stereocenters. The van der Waals surface area contributed by atoms with Crippen LogP contribution in [0.2, 0.25) is 0 Å². The zero-order valence-electron chi connectivity index (χ0n) is 29.2. The SMILES string of the molecule is CC(C)n1cc(-c2ncc(C(=O)NC3(C(=O)O)C4CC5CC(C4)CC3C5)c(C(C)(F)F)n2)c2ccc(O[C@H]3CC[C@H](N4CC(F)(F)C4)CC3)cc21. The Bertz CT molecular complexity index is 1830. The molecule has 6 fully saturated rings. The number of ether oxygens (including phenoxy) is 1. The Kier molecular flexibility index (Phi) is 8.19. The van der Waals surface area contributed by atoms with Crippen molar-refractivity contribution >= 4 is 22.8 Å². The van der Waals surface area contributed by atoms with Gasteiger partial charge in [-0.2, -0.15) is 8.78 Å². The quantitative estimate of drug-likeness (QED) is 0.222. The molecule has 1 saturated heterocycles. The van der Waals surface area contributed by atoms with E-state index in [1.54, 1.807) is 0 Å². The number of nitrogens with one attached hydrogen (secondary N) is 1. The molecular formula is C38H45F4N5O4. The van der Waals surface area contributed by atoms with E-state index in [0.29, 0.717) is 55.8 Å². The first-order chi connectivity index (χ1) is 24.1. The molecule has 9 nitrogen and oxygen atoms in total. The molecule has 5 aliphatic carbocycles. The Morgan fingerprint density at radius 3 is 2.24 bits per heavy atom. The van der Waals surface area contributed by atoms with Crippen LogP contribution in [0, 0.1) is 23.7 Å². The number of aliphatic carboxylic acids is 1. The van der Waals surface area contributed by atoms with Crippen LogP contribution in [0.25, 0.3) is 22.3 Å². The molecule has 1 aliphatic heterocycles. The van der Waals surface area contributed by atoms with Crippen LogP contribution in [-0.4, -0.2) is 73.1 Å². The molecule has 4 bridgehead atoms. The highest BCUT2D eigenvalue weighted by Crippen LogP contribution is 2.58. The van der Waals surface area contributed by atoms with Crippen molar-refractivity contribution in [3.63, 3.8) is 0 Å². The summed E-state index contributed by atoms with van der Waals surface area (Å²) in [5, 5.41) is 14.0. The number of fused-ring (bicyclic) bond motifs is 1. The minimum atomic E-state index is -3.52. The molecule has 274 valence electrons. The van der Waals surface area contributed by atoms with Crippen molar-refractivity contribution in [1.29, 1.82) is 0 Å². The zero-order valence-corrected chi connectivity index (χ0v) is 29.2. The molecule has 2 N–H and O–H groups in total. The molecule has 1 aromatic carbocycles. The third-order valence-corrected chi connectivity index (χ3v) is 12.5. The van der Waals surface area contributed by atoms with Gasteiger partial charge >= 0.3 is 5.97 Å². The molecule has 51 heavy (non-hydrogen) atoms. The van der Waals surface area contributed by atoms with Gasteiger partial charge in [0.1, 0.15) is 17.0 Å². The van der Waals surface area contributed by atoms with Crippen molar-refractivity contribution in [3.05, 3.63) is 41.9 Å². The Balaban J connectivity index is 1.06. The van der Waals surface area contributed by atoms with Gasteiger partial charge < -0.3 is 19.7 Å². The number of halogens is 4. The molecular weight excluding hydrogens is 666 g/mol. The van der Waals surface area contributed by atoms with Gasteiger partial charge in [0.25, 0.3) is 17.8 Å². The fraction of sp³-hybridized carbons (Fsp3) is 0.632. The molecule has 5 saturated carbocycles. The topological polar surface area (TPSA) is 110 Å². The number of carboxylic acid groups (broad SMARTS) is 1. The maximum Gasteiger partial charge on any atom is 0.330 e. The van der Waals surface area contributed by atoms with Crippen molar-refractivity contribution in [2.45, 2.75) is 114 Å². The third kappa shape index (κ3) is 5.96. The Labute approximate surface area is 294 Å². The number of benzene rings is 1. The van der Waals surface area contributed by atoms with Crippen LogP contribution in [0.5, 0.6) is 5.75 Å². The fourth-order valence-electron chi connectivity index (χ4n) is 10.2. The van der Waals surface area contributed by atoms with E-state index in [1.165, 1.54) is 0 Å². The summed E-state index contributed by atoms with van der Waals surface area (Å²) in [6.07, 6.45) is 9.92. The minimum absolute atomic E-state index is 0.00748. The zero-order chi connectivity index (χ0) is 36.0. The maximum atomic E-state index is 15.3. The summed E-state index contributed by atoms with van der Waals surface area (Å²) in [7, 11) is 0. The first-order valence-electron chi connectivity index (χ1n) is 18.4. The highest BCUT2D eigenvalue weighted by molar-refractivity contribution is 6.00. The molecule has 13 heteroatoms. The van der Waals surface area contributed by atoms with E-state index in [4.69, 9.17) is 4.74 Å². The second-order valence-electron chi connectivity index (χ2n) is 16.3. The van der Waals surface area contributed by atoms with Crippen LogP contribution in [0.15, 0.2) is 30.6 Å². The van der Waals surface area contributed by atoms with E-state index in [1.807, 2.05) is 47.7 Å². The number of rotatable bonds is 9. The van der Waals surface area contributed by atoms with E-state index in [0.717, 1.165) is 49.2 Å². The molecule has 2 aromatic heterocycles. The largest absolute Gasteiger partial charge is 0.490 e. The molecule has 0 radical (unpaired) electrons. The summed E-state index contributed by atoms with van der Waals surface area (Å²) in [5.41, 5.74) is -1.37. The number of carbonyl (C=O) groups is 2. The first kappa shape index (κ1) is 34.4. The van der Waals surface area contributed by atoms with Gasteiger partial charge in [0.2, 0.25) is 0 Å². The number of carbonyl (C=O) groups excluding carboxylic acids is 1. The molecule has 0 spiro atoms. The van der Waals surface area contributed by atoms with Crippen LogP contribution < -0.4 is 10.1 Å². The van der Waals surface area contributed by atoms with E-state index in [2.05, 4.69) is 15.3 Å². The van der Waals surface area contributed by atoms with E-state index >= 15 is 8.78 Å². The molecule has 1 amide bonds. The van der Waals surface area contributed by atoms with Crippen LogP contribution >= 0.6 is 0 Å². The monoisotopic (exact) mass is 711 g/mol. The molecule has 3 heterocycles. The van der Waals surface area contributed by atoms with Gasteiger partial charge in [-0.05, 0) is 107 Å². The van der Waals surface area contributed by atoms with Gasteiger partial charge in [-0.1, -0.05) is 0 Å². The smallest absolute Gasteiger partial charge is 0.330 e. The average molecular weight is 712 g/mol. The lowest BCUT2D eigenvalue weighted by Crippen LogP contribution is -2.70. The van der Waals surface area contributed by atoms with Crippen LogP contribution in [0.1, 0.15) is 101 Å². The Hall–Kier alpha value is -3.74. The van der Waals surface area contributed by atoms with Gasteiger partial charge in [-0.3, -0.25) is 9.69 Å². The van der Waals surface area contributed by atoms with Gasteiger partial charge in [-0.15, -0.1) is 0 Å². The number of likely N-dealkylation sites (tertiary alicyclic amines) is 1. The Morgan fingerprint density at radius 1 is 1.02 bits per heavy atom. The standard InChI is InChI=1S/C38H45F4N5O4/c1-20(2)47-17-30(28-9-8-27(15-31(28)47)51-26-6-4-25(5-7-26)46-18-37(41,42)19-46)33-43-16-29(32(44-33)36(3,39)40)34(48)45-38(35(49)50)23-11-21-10-22(13-23)14-24(38)12-21/h8-9,15-17,20-26H,4-7,10-14,18-19H2,1-3H3,(H,45,48)(H,49,50)/t21?,22?,23?,24?,25-,26-,38?. The molecule has 6 aliphatic rings. The van der Waals surface area contributed by atoms with Crippen LogP contribution in [0.3, 0.4) is 0 Å². The number of carboxylic acids is 1. The highest BCUT2D eigenvalue weighted by Gasteiger charge is 2.62. The fourth-order valence-corrected chi connectivity index (χ4v) is 10.2. The number of aromatic nitrogens is 3. The van der Waals surface area contributed by atoms with Crippen molar-refractivity contribution in [3.8, 4) is 17.1 Å². The summed E-state index contributed by atoms with van der Waals surface area (Å²) >= 11 is 0. The normalized spacial score (nSPS) is 31.5. The van der Waals surface area contributed by atoms with Gasteiger partial charge in [-0.25, -0.2) is 23.5 Å². The summed E-state index contributed by atoms with van der Waals surface area (Å²) in [5.74, 6) is -7.01. The second kappa shape index (κ2) is 12.2. The van der Waals surface area contributed by atoms with Gasteiger partial charge in [0, 0.05) is 48.4 Å². The summed E-state index contributed by atoms with van der Waals surface area (Å²) in [6, 6.07) is 5.73. The number of amides is 1. The lowest BCUT2D eigenvalue weighted by Gasteiger charge is -2.59. The third-order valence-electron chi connectivity index (χ3n) is 12.5. The number of hydrogen-bond acceptors (Lipinski definition) is 6. The van der Waals surface area contributed by atoms with Gasteiger partial charge in [0.15, 0.2) is 5.82 Å². The molecule has 0 unspecified atom stereocenters. The van der Waals surface area contributed by atoms with E-state index in [-0.39, 0.29) is 48.9 Å². The van der Waals surface area contributed by atoms with Crippen LogP contribution in [0.4, 0.5) is 17.6 Å². The number of alkyl halides is 4. The average Bonchev–Trinajstić information content (AvgIpc) is 3.44. The van der Waals surface area contributed by atoms with E-state index in [9.17, 15) is 23.5 Å². The second-order valence-corrected chi connectivity index (χ2v) is 16.3. The summed E-state index contributed by atoms with van der Waals surface area (Å²) < 4.78 is 65.7. The number of nitrogens with zero attached hydrogens (tertiary/aromatic N) is 4. The first-order valence-corrected chi connectivity index (χ1v) is 18.4. The van der Waals surface area contributed by atoms with Crippen molar-refractivity contribution in [1.82, 2.24) is 24.8 Å². The molecule has 9 rings (SSSR count). The maximum absolute atomic E-state index is 15.3. The van der Waals surface area contributed by atoms with E-state index < -0.39 is 40.5 Å². The molecule has 3 aromatic rings. The number of hydrogen-bond donors (Lipinski definition) is 2. The summed E-state index contributed by atoms with van der Waals surface area (Å²) in [6.45, 7) is 4.34. The van der Waals surface area contributed by atoms with Crippen molar-refractivity contribution < 1.29 is 37.0 Å². The summed E-state index contributed by atoms with van der Waals surface area (Å²) in [4.78, 5) is 37.3. The Morgan fingerprint density at radius 2 is 1.67 bits per heavy atom. The highest BCUT2D eigenvalue weighted by atomic mass is 19.3. The lowest BCUT2D eigenvalue weighted by atomic mass is 9.48. The minimum Gasteiger partial charge on any atom is -0.490 e. The van der Waals surface area contributed by atoms with Crippen LogP contribution in [-0.2, 0) is 10.7 Å².